The van der Waals surface area contributed by atoms with Crippen LogP contribution in [0.4, 0.5) is 0 Å². The number of halogens is 1. The monoisotopic (exact) mass is 354 g/mol. The van der Waals surface area contributed by atoms with Gasteiger partial charge in [-0.3, -0.25) is 0 Å². The molecule has 1 aromatic rings. The molecule has 1 saturated carbocycles. The van der Waals surface area contributed by atoms with Gasteiger partial charge in [0.2, 0.25) is 10.0 Å². The van der Waals surface area contributed by atoms with Gasteiger partial charge in [-0.25, -0.2) is 17.9 Å². The summed E-state index contributed by atoms with van der Waals surface area (Å²) >= 11 is 1.06. The van der Waals surface area contributed by atoms with Gasteiger partial charge in [0.1, 0.15) is 9.77 Å². The fourth-order valence-electron chi connectivity index (χ4n) is 2.27. The number of sulfonamides is 1. The molecule has 21 heavy (non-hydrogen) atoms. The molecular formula is C12H19ClN2O4S2. The summed E-state index contributed by atoms with van der Waals surface area (Å²) in [6, 6.07) is 1.46. The Morgan fingerprint density at radius 3 is 2.57 bits per heavy atom. The molecule has 0 unspecified atom stereocenters. The van der Waals surface area contributed by atoms with E-state index >= 15 is 0 Å². The van der Waals surface area contributed by atoms with Crippen molar-refractivity contribution in [2.45, 2.75) is 42.7 Å². The first kappa shape index (κ1) is 18.4. The fraction of sp³-hybridized carbons (Fsp3) is 0.583. The van der Waals surface area contributed by atoms with Crippen molar-refractivity contribution >= 4 is 39.7 Å². The number of esters is 1. The highest BCUT2D eigenvalue weighted by Crippen LogP contribution is 2.25. The average molecular weight is 355 g/mol. The van der Waals surface area contributed by atoms with Gasteiger partial charge in [0.15, 0.2) is 0 Å². The standard InChI is InChI=1S/C12H18N2O4S2.ClH/c1-18-12(15)11-10(6-7-19-11)20(16,17)14-9-4-2-8(13)3-5-9;/h6-9,14H,2-5,13H2,1H3;1H. The van der Waals surface area contributed by atoms with E-state index in [2.05, 4.69) is 9.46 Å². The number of hydrogen-bond donors (Lipinski definition) is 2. The third kappa shape index (κ3) is 4.40. The quantitative estimate of drug-likeness (QED) is 0.798. The molecule has 0 aliphatic heterocycles. The van der Waals surface area contributed by atoms with Gasteiger partial charge in [-0.1, -0.05) is 0 Å². The smallest absolute Gasteiger partial charge is 0.349 e. The molecular weight excluding hydrogens is 336 g/mol. The molecule has 1 aromatic heterocycles. The van der Waals surface area contributed by atoms with Crippen molar-refractivity contribution in [2.24, 2.45) is 5.73 Å². The lowest BCUT2D eigenvalue weighted by Gasteiger charge is -2.26. The number of thiophene rings is 1. The minimum Gasteiger partial charge on any atom is -0.465 e. The molecule has 2 rings (SSSR count). The van der Waals surface area contributed by atoms with E-state index in [1.165, 1.54) is 13.2 Å². The highest BCUT2D eigenvalue weighted by atomic mass is 35.5. The highest BCUT2D eigenvalue weighted by molar-refractivity contribution is 7.89. The van der Waals surface area contributed by atoms with Crippen LogP contribution in [-0.4, -0.2) is 33.6 Å². The summed E-state index contributed by atoms with van der Waals surface area (Å²) in [4.78, 5) is 11.7. The number of nitrogens with two attached hydrogens (primary N) is 1. The van der Waals surface area contributed by atoms with Crippen LogP contribution < -0.4 is 10.5 Å². The number of rotatable bonds is 4. The van der Waals surface area contributed by atoms with E-state index in [0.29, 0.717) is 0 Å². The number of carbonyl (C=O) groups is 1. The number of methoxy groups -OCH3 is 1. The van der Waals surface area contributed by atoms with E-state index < -0.39 is 16.0 Å². The van der Waals surface area contributed by atoms with Gasteiger partial charge in [0.25, 0.3) is 0 Å². The summed E-state index contributed by atoms with van der Waals surface area (Å²) in [7, 11) is -2.47. The van der Waals surface area contributed by atoms with Crippen LogP contribution in [0.15, 0.2) is 16.3 Å². The summed E-state index contributed by atoms with van der Waals surface area (Å²) < 4.78 is 31.9. The van der Waals surface area contributed by atoms with Crippen LogP contribution in [0.5, 0.6) is 0 Å². The Bertz CT molecular complexity index is 580. The molecule has 6 nitrogen and oxygen atoms in total. The third-order valence-corrected chi connectivity index (χ3v) is 5.97. The first-order valence-corrected chi connectivity index (χ1v) is 8.74. The van der Waals surface area contributed by atoms with Crippen molar-refractivity contribution in [3.8, 4) is 0 Å². The molecule has 3 N–H and O–H groups in total. The zero-order valence-corrected chi connectivity index (χ0v) is 14.0. The largest absolute Gasteiger partial charge is 0.465 e. The molecule has 0 bridgehead atoms. The Labute approximate surface area is 134 Å². The van der Waals surface area contributed by atoms with E-state index in [1.807, 2.05) is 0 Å². The van der Waals surface area contributed by atoms with Crippen LogP contribution in [0.3, 0.4) is 0 Å². The summed E-state index contributed by atoms with van der Waals surface area (Å²) in [6.07, 6.45) is 3.05. The molecule has 0 amide bonds. The molecule has 0 aromatic carbocycles. The number of ether oxygens (including phenoxy) is 1. The number of hydrogen-bond acceptors (Lipinski definition) is 6. The van der Waals surface area contributed by atoms with Crippen LogP contribution in [0.25, 0.3) is 0 Å². The van der Waals surface area contributed by atoms with Gasteiger partial charge in [-0.05, 0) is 37.1 Å². The summed E-state index contributed by atoms with van der Waals surface area (Å²) in [5, 5.41) is 1.57. The highest BCUT2D eigenvalue weighted by Gasteiger charge is 2.28. The van der Waals surface area contributed by atoms with E-state index in [1.54, 1.807) is 5.38 Å². The second-order valence-electron chi connectivity index (χ2n) is 4.84. The molecule has 0 atom stereocenters. The normalized spacial score (nSPS) is 22.4. The SMILES string of the molecule is COC(=O)c1sccc1S(=O)(=O)NC1CCC(N)CC1.Cl. The van der Waals surface area contributed by atoms with E-state index in [0.717, 1.165) is 37.0 Å². The van der Waals surface area contributed by atoms with Gasteiger partial charge in [0, 0.05) is 12.1 Å². The predicted octanol–water partition coefficient (Wildman–Crippen LogP) is 1.50. The molecule has 1 fully saturated rings. The van der Waals surface area contributed by atoms with Crippen molar-refractivity contribution in [1.29, 1.82) is 0 Å². The second kappa shape index (κ2) is 7.55. The molecule has 120 valence electrons. The summed E-state index contributed by atoms with van der Waals surface area (Å²) in [5.41, 5.74) is 5.80. The van der Waals surface area contributed by atoms with Gasteiger partial charge >= 0.3 is 5.97 Å². The minimum atomic E-state index is -3.70. The molecule has 0 saturated heterocycles. The zero-order chi connectivity index (χ0) is 14.8. The minimum absolute atomic E-state index is 0. The van der Waals surface area contributed by atoms with E-state index in [9.17, 15) is 13.2 Å². The average Bonchev–Trinajstić information content (AvgIpc) is 2.90. The van der Waals surface area contributed by atoms with E-state index in [-0.39, 0.29) is 34.3 Å². The topological polar surface area (TPSA) is 98.5 Å². The zero-order valence-electron chi connectivity index (χ0n) is 11.6. The Morgan fingerprint density at radius 1 is 1.38 bits per heavy atom. The van der Waals surface area contributed by atoms with Gasteiger partial charge in [-0.15, -0.1) is 23.7 Å². The Morgan fingerprint density at radius 2 is 2.00 bits per heavy atom. The van der Waals surface area contributed by atoms with Crippen molar-refractivity contribution < 1.29 is 17.9 Å². The Balaban J connectivity index is 0.00000220. The van der Waals surface area contributed by atoms with Crippen molar-refractivity contribution in [2.75, 3.05) is 7.11 Å². The molecule has 0 spiro atoms. The number of carbonyl (C=O) groups excluding carboxylic acids is 1. The maximum atomic E-state index is 12.3. The van der Waals surface area contributed by atoms with Crippen LogP contribution in [0.2, 0.25) is 0 Å². The molecule has 0 radical (unpaired) electrons. The van der Waals surface area contributed by atoms with Gasteiger partial charge in [-0.2, -0.15) is 0 Å². The summed E-state index contributed by atoms with van der Waals surface area (Å²) in [5.74, 6) is -0.633. The Hall–Kier alpha value is -0.670. The second-order valence-corrected chi connectivity index (χ2v) is 7.44. The van der Waals surface area contributed by atoms with Crippen molar-refractivity contribution in [3.05, 3.63) is 16.3 Å². The van der Waals surface area contributed by atoms with Crippen LogP contribution in [-0.2, 0) is 14.8 Å². The first-order valence-electron chi connectivity index (χ1n) is 6.37. The maximum Gasteiger partial charge on any atom is 0.349 e. The fourth-order valence-corrected chi connectivity index (χ4v) is 4.91. The summed E-state index contributed by atoms with van der Waals surface area (Å²) in [6.45, 7) is 0. The van der Waals surface area contributed by atoms with Crippen LogP contribution in [0.1, 0.15) is 35.4 Å². The third-order valence-electron chi connectivity index (χ3n) is 3.38. The molecule has 9 heteroatoms. The van der Waals surface area contributed by atoms with Crippen LogP contribution >= 0.6 is 23.7 Å². The lowest BCUT2D eigenvalue weighted by Crippen LogP contribution is -2.40. The molecule has 1 aliphatic rings. The maximum absolute atomic E-state index is 12.3. The lowest BCUT2D eigenvalue weighted by molar-refractivity contribution is 0.0602. The van der Waals surface area contributed by atoms with Crippen LogP contribution in [0, 0.1) is 0 Å². The number of nitrogens with one attached hydrogen (secondary N) is 1. The molecule has 1 heterocycles. The van der Waals surface area contributed by atoms with E-state index in [4.69, 9.17) is 5.73 Å². The molecule has 1 aliphatic carbocycles. The van der Waals surface area contributed by atoms with Crippen molar-refractivity contribution in [3.63, 3.8) is 0 Å². The lowest BCUT2D eigenvalue weighted by atomic mass is 9.93. The predicted molar refractivity (Wildman–Crippen MR) is 83.5 cm³/mol. The Kier molecular flexibility index (Phi) is 6.61. The first-order chi connectivity index (χ1) is 9.44. The van der Waals surface area contributed by atoms with Crippen molar-refractivity contribution in [1.82, 2.24) is 4.72 Å². The van der Waals surface area contributed by atoms with Gasteiger partial charge < -0.3 is 10.5 Å². The van der Waals surface area contributed by atoms with Gasteiger partial charge in [0.05, 0.1) is 7.11 Å².